The molecule has 0 fully saturated rings. The van der Waals surface area contributed by atoms with Gasteiger partial charge < -0.3 is 19.7 Å². The number of nitrogens with one attached hydrogen (secondary N) is 1. The smallest absolute Gasteiger partial charge is 0.270 e. The first-order chi connectivity index (χ1) is 15.8. The van der Waals surface area contributed by atoms with Crippen molar-refractivity contribution < 1.29 is 18.6 Å². The van der Waals surface area contributed by atoms with Gasteiger partial charge in [0.1, 0.15) is 23.3 Å². The first-order valence-corrected chi connectivity index (χ1v) is 10.5. The predicted molar refractivity (Wildman–Crippen MR) is 125 cm³/mol. The summed E-state index contributed by atoms with van der Waals surface area (Å²) in [7, 11) is 0. The van der Waals surface area contributed by atoms with Gasteiger partial charge in [-0.25, -0.2) is 18.7 Å². The number of benzene rings is 2. The molecular formula is C24H21ClF2N4O2. The molecule has 0 radical (unpaired) electrons. The fourth-order valence-corrected chi connectivity index (χ4v) is 3.52. The minimum atomic E-state index is -2.97. The lowest BCUT2D eigenvalue weighted by Crippen LogP contribution is -2.06. The van der Waals surface area contributed by atoms with Crippen molar-refractivity contribution >= 4 is 34.1 Å². The normalized spacial score (nSPS) is 11.9. The molecule has 33 heavy (non-hydrogen) atoms. The summed E-state index contributed by atoms with van der Waals surface area (Å²) >= 11 is 6.40. The second kappa shape index (κ2) is 9.56. The van der Waals surface area contributed by atoms with Crippen LogP contribution < -0.4 is 10.1 Å². The Labute approximate surface area is 194 Å². The Hall–Kier alpha value is -3.49. The van der Waals surface area contributed by atoms with Crippen LogP contribution in [0.1, 0.15) is 12.5 Å². The Morgan fingerprint density at radius 2 is 2.00 bits per heavy atom. The van der Waals surface area contributed by atoms with E-state index in [1.54, 1.807) is 30.3 Å². The summed E-state index contributed by atoms with van der Waals surface area (Å²) in [6.45, 7) is 1.36. The zero-order chi connectivity index (χ0) is 23.4. The Kier molecular flexibility index (Phi) is 6.57. The van der Waals surface area contributed by atoms with Crippen molar-refractivity contribution in [1.82, 2.24) is 14.5 Å². The average molecular weight is 471 g/mol. The Morgan fingerprint density at radius 3 is 2.76 bits per heavy atom. The molecule has 2 heterocycles. The molecule has 4 rings (SSSR count). The number of allylic oxidation sites excluding steroid dienone is 1. The minimum absolute atomic E-state index is 0.0289. The van der Waals surface area contributed by atoms with Crippen molar-refractivity contribution in [2.45, 2.75) is 19.4 Å². The molecule has 0 aliphatic heterocycles. The van der Waals surface area contributed by atoms with Crippen molar-refractivity contribution in [2.75, 3.05) is 11.9 Å². The number of rotatable bonds is 8. The zero-order valence-electron chi connectivity index (χ0n) is 17.7. The molecule has 0 aliphatic carbocycles. The highest BCUT2D eigenvalue weighted by molar-refractivity contribution is 6.32. The fraction of sp³-hybridized carbons (Fsp3) is 0.167. The molecule has 0 spiro atoms. The molecule has 2 N–H and O–H groups in total. The lowest BCUT2D eigenvalue weighted by molar-refractivity contribution is 0.0173. The largest absolute Gasteiger partial charge is 0.456 e. The SMILES string of the molecule is CC(F)(F)c1cccc(Oc2ccc(Nc3ncnc4ccn(CC=CCO)c34)cc2Cl)c1. The van der Waals surface area contributed by atoms with E-state index >= 15 is 0 Å². The minimum Gasteiger partial charge on any atom is -0.456 e. The summed E-state index contributed by atoms with van der Waals surface area (Å²) in [6.07, 6.45) is 6.87. The van der Waals surface area contributed by atoms with Gasteiger partial charge in [-0.15, -0.1) is 0 Å². The van der Waals surface area contributed by atoms with Gasteiger partial charge in [0.25, 0.3) is 5.92 Å². The van der Waals surface area contributed by atoms with E-state index in [4.69, 9.17) is 21.4 Å². The van der Waals surface area contributed by atoms with E-state index in [2.05, 4.69) is 15.3 Å². The molecule has 0 atom stereocenters. The molecule has 2 aromatic heterocycles. The Balaban J connectivity index is 1.57. The van der Waals surface area contributed by atoms with Crippen LogP contribution in [0.25, 0.3) is 11.0 Å². The highest BCUT2D eigenvalue weighted by Gasteiger charge is 2.24. The number of alkyl halides is 2. The predicted octanol–water partition coefficient (Wildman–Crippen LogP) is 6.28. The summed E-state index contributed by atoms with van der Waals surface area (Å²) in [5.41, 5.74) is 2.09. The van der Waals surface area contributed by atoms with E-state index in [0.717, 1.165) is 18.0 Å². The van der Waals surface area contributed by atoms with Crippen LogP contribution in [0, 0.1) is 0 Å². The summed E-state index contributed by atoms with van der Waals surface area (Å²) in [4.78, 5) is 8.64. The maximum absolute atomic E-state index is 13.6. The number of nitrogens with zero attached hydrogens (tertiary/aromatic N) is 3. The van der Waals surface area contributed by atoms with Crippen molar-refractivity contribution in [3.63, 3.8) is 0 Å². The summed E-state index contributed by atoms with van der Waals surface area (Å²) in [6, 6.07) is 12.7. The van der Waals surface area contributed by atoms with Crippen LogP contribution in [0.3, 0.4) is 0 Å². The van der Waals surface area contributed by atoms with Gasteiger partial charge in [-0.3, -0.25) is 0 Å². The number of hydrogen-bond acceptors (Lipinski definition) is 5. The van der Waals surface area contributed by atoms with Gasteiger partial charge in [0.15, 0.2) is 5.82 Å². The number of halogens is 3. The van der Waals surface area contributed by atoms with Crippen LogP contribution in [-0.4, -0.2) is 26.2 Å². The van der Waals surface area contributed by atoms with Gasteiger partial charge >= 0.3 is 0 Å². The third kappa shape index (κ3) is 5.30. The second-order valence-corrected chi connectivity index (χ2v) is 7.77. The van der Waals surface area contributed by atoms with Crippen molar-refractivity contribution in [3.05, 3.63) is 83.8 Å². The highest BCUT2D eigenvalue weighted by atomic mass is 35.5. The number of aliphatic hydroxyl groups is 1. The van der Waals surface area contributed by atoms with E-state index in [-0.39, 0.29) is 17.9 Å². The van der Waals surface area contributed by atoms with Crippen molar-refractivity contribution in [2.24, 2.45) is 0 Å². The third-order valence-corrected chi connectivity index (χ3v) is 5.18. The van der Waals surface area contributed by atoms with E-state index in [9.17, 15) is 8.78 Å². The maximum Gasteiger partial charge on any atom is 0.270 e. The molecule has 0 saturated heterocycles. The lowest BCUT2D eigenvalue weighted by atomic mass is 10.1. The van der Waals surface area contributed by atoms with Crippen LogP contribution in [-0.2, 0) is 12.5 Å². The van der Waals surface area contributed by atoms with Crippen LogP contribution in [0.15, 0.2) is 73.2 Å². The van der Waals surface area contributed by atoms with Crippen molar-refractivity contribution in [3.8, 4) is 11.5 Å². The van der Waals surface area contributed by atoms with Crippen molar-refractivity contribution in [1.29, 1.82) is 0 Å². The number of hydrogen-bond donors (Lipinski definition) is 2. The van der Waals surface area contributed by atoms with Crippen LogP contribution >= 0.6 is 11.6 Å². The Morgan fingerprint density at radius 1 is 1.15 bits per heavy atom. The molecule has 170 valence electrons. The van der Waals surface area contributed by atoms with Gasteiger partial charge in [0.2, 0.25) is 0 Å². The lowest BCUT2D eigenvalue weighted by Gasteiger charge is -2.14. The van der Waals surface area contributed by atoms with Gasteiger partial charge in [-0.2, -0.15) is 0 Å². The second-order valence-electron chi connectivity index (χ2n) is 7.37. The summed E-state index contributed by atoms with van der Waals surface area (Å²) in [5, 5.41) is 12.5. The molecule has 0 amide bonds. The maximum atomic E-state index is 13.6. The Bertz CT molecular complexity index is 1300. The first-order valence-electron chi connectivity index (χ1n) is 10.1. The molecular weight excluding hydrogens is 450 g/mol. The van der Waals surface area contributed by atoms with Crippen LogP contribution in [0.2, 0.25) is 5.02 Å². The third-order valence-electron chi connectivity index (χ3n) is 4.89. The fourth-order valence-electron chi connectivity index (χ4n) is 3.30. The number of ether oxygens (including phenoxy) is 1. The molecule has 0 aliphatic rings. The molecule has 6 nitrogen and oxygen atoms in total. The first kappa shape index (κ1) is 22.7. The van der Waals surface area contributed by atoms with E-state index in [1.807, 2.05) is 22.9 Å². The number of anilines is 2. The van der Waals surface area contributed by atoms with Gasteiger partial charge in [-0.05, 0) is 36.4 Å². The molecule has 2 aromatic carbocycles. The average Bonchev–Trinajstić information content (AvgIpc) is 3.20. The van der Waals surface area contributed by atoms with E-state index < -0.39 is 5.92 Å². The molecule has 0 saturated carbocycles. The van der Waals surface area contributed by atoms with E-state index in [0.29, 0.717) is 28.8 Å². The highest BCUT2D eigenvalue weighted by Crippen LogP contribution is 2.35. The summed E-state index contributed by atoms with van der Waals surface area (Å²) < 4.78 is 34.9. The quantitative estimate of drug-likeness (QED) is 0.296. The van der Waals surface area contributed by atoms with Gasteiger partial charge in [-0.1, -0.05) is 35.9 Å². The molecule has 0 bridgehead atoms. The number of fused-ring (bicyclic) bond motifs is 1. The number of aliphatic hydroxyl groups excluding tert-OH is 1. The standard InChI is InChI=1S/C24H21ClF2N4O2/c1-24(26,27)16-5-4-6-18(13-16)33-21-8-7-17(14-19(21)25)30-23-22-20(28-15-29-23)9-11-31(22)10-2-3-12-32/h2-9,11,13-15,32H,10,12H2,1H3,(H,28,29,30). The molecule has 0 unspecified atom stereocenters. The molecule has 9 heteroatoms. The molecule has 4 aromatic rings. The topological polar surface area (TPSA) is 72.2 Å². The summed E-state index contributed by atoms with van der Waals surface area (Å²) in [5.74, 6) is -1.78. The van der Waals surface area contributed by atoms with Gasteiger partial charge in [0.05, 0.1) is 17.1 Å². The monoisotopic (exact) mass is 470 g/mol. The van der Waals surface area contributed by atoms with Gasteiger partial charge in [0, 0.05) is 30.9 Å². The van der Waals surface area contributed by atoms with Crippen LogP contribution in [0.5, 0.6) is 11.5 Å². The number of aromatic nitrogens is 3. The van der Waals surface area contributed by atoms with E-state index in [1.165, 1.54) is 24.5 Å². The zero-order valence-corrected chi connectivity index (χ0v) is 18.4. The van der Waals surface area contributed by atoms with Crippen LogP contribution in [0.4, 0.5) is 20.3 Å².